The van der Waals surface area contributed by atoms with E-state index in [2.05, 4.69) is 35.8 Å². The molecule has 8 heteroatoms. The van der Waals surface area contributed by atoms with E-state index in [0.29, 0.717) is 21.9 Å². The van der Waals surface area contributed by atoms with E-state index in [4.69, 9.17) is 0 Å². The minimum atomic E-state index is -3.74. The summed E-state index contributed by atoms with van der Waals surface area (Å²) in [4.78, 5) is 17.0. The molecule has 4 rings (SSSR count). The van der Waals surface area contributed by atoms with Crippen LogP contribution in [-0.4, -0.2) is 19.3 Å². The highest BCUT2D eigenvalue weighted by molar-refractivity contribution is 7.92. The molecule has 1 amide bonds. The van der Waals surface area contributed by atoms with Gasteiger partial charge in [-0.05, 0) is 53.4 Å². The van der Waals surface area contributed by atoms with Crippen molar-refractivity contribution in [3.05, 3.63) is 83.9 Å². The van der Waals surface area contributed by atoms with Gasteiger partial charge in [-0.15, -0.1) is 0 Å². The third-order valence-corrected chi connectivity index (χ3v) is 7.28. The van der Waals surface area contributed by atoms with E-state index in [9.17, 15) is 13.2 Å². The van der Waals surface area contributed by atoms with Gasteiger partial charge in [0, 0.05) is 5.56 Å². The zero-order valence-corrected chi connectivity index (χ0v) is 19.5. The number of hydrogen-bond donors (Lipinski definition) is 2. The van der Waals surface area contributed by atoms with E-state index in [0.717, 1.165) is 10.3 Å². The van der Waals surface area contributed by atoms with Gasteiger partial charge >= 0.3 is 0 Å². The summed E-state index contributed by atoms with van der Waals surface area (Å²) < 4.78 is 29.1. The van der Waals surface area contributed by atoms with E-state index in [1.807, 2.05) is 18.2 Å². The van der Waals surface area contributed by atoms with E-state index >= 15 is 0 Å². The molecule has 0 aliphatic rings. The Bertz CT molecular complexity index is 1370. The van der Waals surface area contributed by atoms with Crippen LogP contribution in [0.4, 0.5) is 10.8 Å². The standard InChI is InChI=1S/C24H23N3O3S2/c1-24(2,3)17-9-12-19(13-10-17)32(29,30)27-18-11-14-21-20(15-18)25-23(31-21)26-22(28)16-7-5-4-6-8-16/h4-15,27H,1-3H3,(H,25,26,28). The molecule has 0 saturated carbocycles. The van der Waals surface area contributed by atoms with Crippen molar-refractivity contribution in [1.29, 1.82) is 0 Å². The van der Waals surface area contributed by atoms with Crippen LogP contribution in [0.5, 0.6) is 0 Å². The number of fused-ring (bicyclic) bond motifs is 1. The molecule has 1 heterocycles. The van der Waals surface area contributed by atoms with Gasteiger partial charge in [0.1, 0.15) is 0 Å². The van der Waals surface area contributed by atoms with Gasteiger partial charge in [-0.2, -0.15) is 0 Å². The fourth-order valence-corrected chi connectivity index (χ4v) is 5.04. The maximum atomic E-state index is 12.8. The van der Waals surface area contributed by atoms with Gasteiger partial charge in [0.15, 0.2) is 5.13 Å². The van der Waals surface area contributed by atoms with Crippen LogP contribution < -0.4 is 10.0 Å². The Balaban J connectivity index is 1.53. The number of benzene rings is 3. The third-order valence-electron chi connectivity index (χ3n) is 4.93. The topological polar surface area (TPSA) is 88.2 Å². The number of rotatable bonds is 5. The number of nitrogens with one attached hydrogen (secondary N) is 2. The van der Waals surface area contributed by atoms with Gasteiger partial charge in [-0.1, -0.05) is 62.4 Å². The van der Waals surface area contributed by atoms with Crippen molar-refractivity contribution in [3.63, 3.8) is 0 Å². The first-order valence-electron chi connectivity index (χ1n) is 10.0. The van der Waals surface area contributed by atoms with Crippen molar-refractivity contribution in [2.45, 2.75) is 31.1 Å². The Labute approximate surface area is 191 Å². The van der Waals surface area contributed by atoms with Crippen LogP contribution in [0.1, 0.15) is 36.7 Å². The number of hydrogen-bond acceptors (Lipinski definition) is 5. The molecule has 0 fully saturated rings. The maximum absolute atomic E-state index is 12.8. The lowest BCUT2D eigenvalue weighted by Crippen LogP contribution is -2.14. The molecule has 0 aliphatic carbocycles. The molecule has 3 aromatic carbocycles. The van der Waals surface area contributed by atoms with Crippen molar-refractivity contribution in [1.82, 2.24) is 4.98 Å². The van der Waals surface area contributed by atoms with Gasteiger partial charge in [0.25, 0.3) is 15.9 Å². The Kier molecular flexibility index (Phi) is 5.75. The fraction of sp³-hybridized carbons (Fsp3) is 0.167. The normalized spacial score (nSPS) is 12.0. The summed E-state index contributed by atoms with van der Waals surface area (Å²) >= 11 is 1.33. The number of thiazole rings is 1. The average Bonchev–Trinajstić information content (AvgIpc) is 3.15. The van der Waals surface area contributed by atoms with Crippen LogP contribution in [0.15, 0.2) is 77.7 Å². The minimum absolute atomic E-state index is 0.0565. The van der Waals surface area contributed by atoms with Gasteiger partial charge in [-0.3, -0.25) is 14.8 Å². The van der Waals surface area contributed by atoms with Gasteiger partial charge in [0.05, 0.1) is 20.8 Å². The molecule has 0 bridgehead atoms. The molecule has 0 spiro atoms. The molecular weight excluding hydrogens is 442 g/mol. The second-order valence-corrected chi connectivity index (χ2v) is 11.1. The first-order valence-corrected chi connectivity index (χ1v) is 12.3. The van der Waals surface area contributed by atoms with Gasteiger partial charge in [-0.25, -0.2) is 13.4 Å². The van der Waals surface area contributed by atoms with Crippen molar-refractivity contribution in [2.24, 2.45) is 0 Å². The Morgan fingerprint density at radius 2 is 1.62 bits per heavy atom. The second kappa shape index (κ2) is 8.37. The molecule has 0 aliphatic heterocycles. The van der Waals surface area contributed by atoms with Crippen LogP contribution in [0.2, 0.25) is 0 Å². The molecule has 0 saturated heterocycles. The van der Waals surface area contributed by atoms with E-state index in [1.54, 1.807) is 54.6 Å². The summed E-state index contributed by atoms with van der Waals surface area (Å²) in [5.74, 6) is -0.246. The zero-order valence-electron chi connectivity index (χ0n) is 17.9. The number of carbonyl (C=O) groups is 1. The summed E-state index contributed by atoms with van der Waals surface area (Å²) in [6.07, 6.45) is 0. The molecule has 1 aromatic heterocycles. The molecule has 2 N–H and O–H groups in total. The number of anilines is 2. The number of nitrogens with zero attached hydrogens (tertiary/aromatic N) is 1. The first kappa shape index (κ1) is 22.0. The summed E-state index contributed by atoms with van der Waals surface area (Å²) in [6.45, 7) is 6.23. The van der Waals surface area contributed by atoms with Crippen LogP contribution in [0.3, 0.4) is 0 Å². The summed E-state index contributed by atoms with van der Waals surface area (Å²) in [7, 11) is -3.74. The van der Waals surface area contributed by atoms with E-state index in [-0.39, 0.29) is 16.2 Å². The number of amides is 1. The Morgan fingerprint density at radius 3 is 2.28 bits per heavy atom. The Morgan fingerprint density at radius 1 is 0.938 bits per heavy atom. The monoisotopic (exact) mass is 465 g/mol. The third kappa shape index (κ3) is 4.81. The summed E-state index contributed by atoms with van der Waals surface area (Å²) in [5.41, 5.74) is 2.55. The first-order chi connectivity index (χ1) is 15.1. The van der Waals surface area contributed by atoms with Crippen LogP contribution >= 0.6 is 11.3 Å². The molecular formula is C24H23N3O3S2. The van der Waals surface area contributed by atoms with Crippen molar-refractivity contribution < 1.29 is 13.2 Å². The van der Waals surface area contributed by atoms with Crippen molar-refractivity contribution in [2.75, 3.05) is 10.0 Å². The second-order valence-electron chi connectivity index (χ2n) is 8.40. The van der Waals surface area contributed by atoms with E-state index < -0.39 is 10.0 Å². The quantitative estimate of drug-likeness (QED) is 0.399. The van der Waals surface area contributed by atoms with Gasteiger partial charge in [0.2, 0.25) is 0 Å². The number of sulfonamides is 1. The van der Waals surface area contributed by atoms with Crippen molar-refractivity contribution >= 4 is 48.3 Å². The van der Waals surface area contributed by atoms with Crippen molar-refractivity contribution in [3.8, 4) is 0 Å². The zero-order chi connectivity index (χ0) is 22.9. The molecule has 0 unspecified atom stereocenters. The predicted octanol–water partition coefficient (Wildman–Crippen LogP) is 5.65. The average molecular weight is 466 g/mol. The lowest BCUT2D eigenvalue weighted by Gasteiger charge is -2.19. The Hall–Kier alpha value is -3.23. The molecule has 164 valence electrons. The fourth-order valence-electron chi connectivity index (χ4n) is 3.15. The maximum Gasteiger partial charge on any atom is 0.261 e. The molecule has 4 aromatic rings. The minimum Gasteiger partial charge on any atom is -0.298 e. The molecule has 0 atom stereocenters. The highest BCUT2D eigenvalue weighted by Crippen LogP contribution is 2.30. The highest BCUT2D eigenvalue weighted by Gasteiger charge is 2.18. The summed E-state index contributed by atoms with van der Waals surface area (Å²) in [5, 5.41) is 3.24. The number of aromatic nitrogens is 1. The van der Waals surface area contributed by atoms with E-state index in [1.165, 1.54) is 11.3 Å². The molecule has 6 nitrogen and oxygen atoms in total. The van der Waals surface area contributed by atoms with Crippen LogP contribution in [-0.2, 0) is 15.4 Å². The predicted molar refractivity (Wildman–Crippen MR) is 130 cm³/mol. The number of carbonyl (C=O) groups excluding carboxylic acids is 1. The lowest BCUT2D eigenvalue weighted by molar-refractivity contribution is 0.102. The van der Waals surface area contributed by atoms with Crippen LogP contribution in [0, 0.1) is 0 Å². The van der Waals surface area contributed by atoms with Crippen LogP contribution in [0.25, 0.3) is 10.2 Å². The molecule has 0 radical (unpaired) electrons. The summed E-state index contributed by atoms with van der Waals surface area (Å²) in [6, 6.07) is 20.9. The highest BCUT2D eigenvalue weighted by atomic mass is 32.2. The SMILES string of the molecule is CC(C)(C)c1ccc(S(=O)(=O)Nc2ccc3sc(NC(=O)c4ccccc4)nc3c2)cc1. The smallest absolute Gasteiger partial charge is 0.261 e. The lowest BCUT2D eigenvalue weighted by atomic mass is 9.87. The molecule has 32 heavy (non-hydrogen) atoms. The largest absolute Gasteiger partial charge is 0.298 e. The van der Waals surface area contributed by atoms with Gasteiger partial charge < -0.3 is 0 Å².